The molecule has 1 aliphatic rings. The standard InChI is InChI=1S/C24H36ClN7O2/c1-14-10-18(15(2)16(3)24(14,4)5)29-19-12-28-32(23(34)21(19)25)13-20(33)26-11-17-8-9-27-30-22(17)31(6)7/h8-9,12,14-16,18,29H,10-11,13H2,1-7H3,(H,26,33)/t14-,15+,16+,18+/m0/s1. The van der Waals surface area contributed by atoms with E-state index in [-0.39, 0.29) is 35.5 Å². The van der Waals surface area contributed by atoms with Crippen LogP contribution in [-0.4, -0.2) is 46.0 Å². The van der Waals surface area contributed by atoms with E-state index >= 15 is 0 Å². The van der Waals surface area contributed by atoms with Crippen LogP contribution in [0.15, 0.2) is 23.3 Å². The van der Waals surface area contributed by atoms with Crippen LogP contribution in [0.1, 0.15) is 46.6 Å². The highest BCUT2D eigenvalue weighted by Gasteiger charge is 2.43. The Bertz CT molecular complexity index is 1090. The highest BCUT2D eigenvalue weighted by molar-refractivity contribution is 6.32. The van der Waals surface area contributed by atoms with Gasteiger partial charge in [-0.2, -0.15) is 10.2 Å². The first kappa shape index (κ1) is 25.9. The molecule has 0 bridgehead atoms. The molecule has 0 aliphatic heterocycles. The molecule has 186 valence electrons. The monoisotopic (exact) mass is 489 g/mol. The quantitative estimate of drug-likeness (QED) is 0.615. The molecule has 4 atom stereocenters. The van der Waals surface area contributed by atoms with Crippen LogP contribution in [0.3, 0.4) is 0 Å². The zero-order valence-electron chi connectivity index (χ0n) is 21.1. The summed E-state index contributed by atoms with van der Waals surface area (Å²) in [5, 5.41) is 18.5. The van der Waals surface area contributed by atoms with E-state index in [0.717, 1.165) is 16.7 Å². The molecule has 0 aromatic carbocycles. The van der Waals surface area contributed by atoms with Crippen molar-refractivity contribution < 1.29 is 4.79 Å². The summed E-state index contributed by atoms with van der Waals surface area (Å²) in [4.78, 5) is 27.1. The Morgan fingerprint density at radius 3 is 2.68 bits per heavy atom. The van der Waals surface area contributed by atoms with Gasteiger partial charge in [-0.05, 0) is 35.7 Å². The summed E-state index contributed by atoms with van der Waals surface area (Å²) >= 11 is 6.42. The van der Waals surface area contributed by atoms with Crippen LogP contribution in [0.4, 0.5) is 11.5 Å². The third-order valence-electron chi connectivity index (χ3n) is 7.78. The lowest BCUT2D eigenvalue weighted by molar-refractivity contribution is -0.122. The normalized spacial score (nSPS) is 23.9. The zero-order chi connectivity index (χ0) is 25.2. The number of nitrogens with one attached hydrogen (secondary N) is 2. The molecule has 9 nitrogen and oxygen atoms in total. The van der Waals surface area contributed by atoms with Gasteiger partial charge in [0.05, 0.1) is 18.1 Å². The topological polar surface area (TPSA) is 105 Å². The van der Waals surface area contributed by atoms with Crippen molar-refractivity contribution in [3.63, 3.8) is 0 Å². The fourth-order valence-electron chi connectivity index (χ4n) is 4.69. The fourth-order valence-corrected chi connectivity index (χ4v) is 4.89. The number of carbonyl (C=O) groups is 1. The summed E-state index contributed by atoms with van der Waals surface area (Å²) in [5.74, 6) is 1.76. The second-order valence-corrected chi connectivity index (χ2v) is 10.6. The van der Waals surface area contributed by atoms with Gasteiger partial charge >= 0.3 is 0 Å². The number of carbonyl (C=O) groups excluding carboxylic acids is 1. The Kier molecular flexibility index (Phi) is 7.85. The predicted molar refractivity (Wildman–Crippen MR) is 135 cm³/mol. The van der Waals surface area contributed by atoms with Crippen LogP contribution in [0.2, 0.25) is 5.02 Å². The van der Waals surface area contributed by atoms with Gasteiger partial charge in [-0.1, -0.05) is 46.2 Å². The molecule has 0 spiro atoms. The summed E-state index contributed by atoms with van der Waals surface area (Å²) in [5.41, 5.74) is 1.08. The molecule has 1 saturated carbocycles. The van der Waals surface area contributed by atoms with Gasteiger partial charge in [0.25, 0.3) is 5.56 Å². The number of anilines is 2. The molecular formula is C24H36ClN7O2. The summed E-state index contributed by atoms with van der Waals surface area (Å²) in [6.07, 6.45) is 4.09. The Morgan fingerprint density at radius 2 is 2.00 bits per heavy atom. The van der Waals surface area contributed by atoms with Crippen LogP contribution in [0, 0.1) is 23.2 Å². The number of rotatable bonds is 7. The van der Waals surface area contributed by atoms with Crippen molar-refractivity contribution in [2.45, 2.75) is 60.2 Å². The minimum absolute atomic E-state index is 0.0494. The van der Waals surface area contributed by atoms with Crippen LogP contribution in [0.5, 0.6) is 0 Å². The molecule has 0 radical (unpaired) electrons. The van der Waals surface area contributed by atoms with Gasteiger partial charge in [-0.15, -0.1) is 5.10 Å². The molecule has 2 heterocycles. The van der Waals surface area contributed by atoms with Crippen molar-refractivity contribution in [2.75, 3.05) is 24.3 Å². The SMILES string of the molecule is C[C@@H]1[C@@H](C)C(C)(C)[C@@H](C)C[C@H]1Nc1cnn(CC(=O)NCc2ccnnc2N(C)C)c(=O)c1Cl. The molecule has 3 rings (SSSR count). The van der Waals surface area contributed by atoms with E-state index in [2.05, 4.69) is 60.5 Å². The first-order valence-corrected chi connectivity index (χ1v) is 12.1. The van der Waals surface area contributed by atoms with Gasteiger partial charge in [0, 0.05) is 32.2 Å². The van der Waals surface area contributed by atoms with Crippen molar-refractivity contribution in [3.8, 4) is 0 Å². The van der Waals surface area contributed by atoms with Gasteiger partial charge in [-0.3, -0.25) is 9.59 Å². The van der Waals surface area contributed by atoms with Gasteiger partial charge in [0.2, 0.25) is 5.91 Å². The second kappa shape index (κ2) is 10.3. The van der Waals surface area contributed by atoms with E-state index in [4.69, 9.17) is 11.6 Å². The number of aromatic nitrogens is 4. The summed E-state index contributed by atoms with van der Waals surface area (Å²) in [7, 11) is 3.71. The molecule has 2 N–H and O–H groups in total. The largest absolute Gasteiger partial charge is 0.379 e. The van der Waals surface area contributed by atoms with Gasteiger partial charge < -0.3 is 15.5 Å². The Hall–Kier alpha value is -2.68. The van der Waals surface area contributed by atoms with E-state index in [1.54, 1.807) is 12.3 Å². The maximum atomic E-state index is 12.8. The van der Waals surface area contributed by atoms with Gasteiger partial charge in [-0.25, -0.2) is 4.68 Å². The van der Waals surface area contributed by atoms with Crippen LogP contribution in [-0.2, 0) is 17.9 Å². The van der Waals surface area contributed by atoms with Gasteiger partial charge in [0.15, 0.2) is 5.82 Å². The van der Waals surface area contributed by atoms with Crippen molar-refractivity contribution in [2.24, 2.45) is 23.2 Å². The lowest BCUT2D eigenvalue weighted by Crippen LogP contribution is -2.48. The van der Waals surface area contributed by atoms with Gasteiger partial charge in [0.1, 0.15) is 11.6 Å². The van der Waals surface area contributed by atoms with Crippen molar-refractivity contribution in [3.05, 3.63) is 39.4 Å². The first-order chi connectivity index (χ1) is 15.9. The first-order valence-electron chi connectivity index (χ1n) is 11.7. The summed E-state index contributed by atoms with van der Waals surface area (Å²) < 4.78 is 1.08. The van der Waals surface area contributed by atoms with E-state index in [9.17, 15) is 9.59 Å². The highest BCUT2D eigenvalue weighted by Crippen LogP contribution is 2.48. The molecule has 0 saturated heterocycles. The minimum atomic E-state index is -0.494. The molecular weight excluding hydrogens is 454 g/mol. The second-order valence-electron chi connectivity index (χ2n) is 10.2. The van der Waals surface area contributed by atoms with Crippen molar-refractivity contribution in [1.82, 2.24) is 25.3 Å². The van der Waals surface area contributed by atoms with E-state index in [1.807, 2.05) is 19.0 Å². The molecule has 1 aliphatic carbocycles. The van der Waals surface area contributed by atoms with Crippen molar-refractivity contribution >= 4 is 29.0 Å². The maximum absolute atomic E-state index is 12.8. The number of hydrogen-bond donors (Lipinski definition) is 2. The number of hydrogen-bond acceptors (Lipinski definition) is 7. The molecule has 0 unspecified atom stereocenters. The Balaban J connectivity index is 1.67. The lowest BCUT2D eigenvalue weighted by atomic mass is 9.58. The fraction of sp³-hybridized carbons (Fsp3) is 0.625. The summed E-state index contributed by atoms with van der Waals surface area (Å²) in [6.45, 7) is 11.5. The highest BCUT2D eigenvalue weighted by atomic mass is 35.5. The van der Waals surface area contributed by atoms with E-state index in [1.165, 1.54) is 6.20 Å². The minimum Gasteiger partial charge on any atom is -0.379 e. The average molecular weight is 490 g/mol. The van der Waals surface area contributed by atoms with E-state index < -0.39 is 5.56 Å². The molecule has 10 heteroatoms. The molecule has 2 aromatic heterocycles. The predicted octanol–water partition coefficient (Wildman–Crippen LogP) is 3.19. The molecule has 1 fully saturated rings. The third kappa shape index (κ3) is 5.35. The molecule has 2 aromatic rings. The van der Waals surface area contributed by atoms with Crippen LogP contribution < -0.4 is 21.1 Å². The number of nitrogens with zero attached hydrogens (tertiary/aromatic N) is 5. The van der Waals surface area contributed by atoms with Crippen molar-refractivity contribution in [1.29, 1.82) is 0 Å². The van der Waals surface area contributed by atoms with Crippen LogP contribution >= 0.6 is 11.6 Å². The van der Waals surface area contributed by atoms with Crippen LogP contribution in [0.25, 0.3) is 0 Å². The molecule has 34 heavy (non-hydrogen) atoms. The Labute approximate surface area is 206 Å². The number of amides is 1. The third-order valence-corrected chi connectivity index (χ3v) is 8.14. The zero-order valence-corrected chi connectivity index (χ0v) is 21.8. The Morgan fingerprint density at radius 1 is 1.29 bits per heavy atom. The molecule has 1 amide bonds. The smallest absolute Gasteiger partial charge is 0.288 e. The number of halogens is 1. The van der Waals surface area contributed by atoms with E-state index in [0.29, 0.717) is 29.3 Å². The average Bonchev–Trinajstić information content (AvgIpc) is 2.80. The summed E-state index contributed by atoms with van der Waals surface area (Å²) in [6, 6.07) is 1.98. The lowest BCUT2D eigenvalue weighted by Gasteiger charge is -2.50. The maximum Gasteiger partial charge on any atom is 0.288 e.